The number of hydrogen-bond acceptors (Lipinski definition) is 2. The predicted molar refractivity (Wildman–Crippen MR) is 62.2 cm³/mol. The average Bonchev–Trinajstić information content (AvgIpc) is 2.48. The second-order valence-electron chi connectivity index (χ2n) is 2.80. The molecule has 0 aliphatic heterocycles. The van der Waals surface area contributed by atoms with Crippen molar-refractivity contribution in [3.63, 3.8) is 0 Å². The molecule has 0 aliphatic rings. The maximum Gasteiger partial charge on any atom is 0.0783 e. The lowest BCUT2D eigenvalue weighted by Crippen LogP contribution is -1.95. The zero-order valence-corrected chi connectivity index (χ0v) is 9.29. The second kappa shape index (κ2) is 5.50. The van der Waals surface area contributed by atoms with Crippen LogP contribution in [-0.4, -0.2) is 6.54 Å². The zero-order chi connectivity index (χ0) is 10.4. The molecule has 1 heterocycles. The Hall–Kier alpha value is -1.22. The molecule has 0 spiro atoms. The smallest absolute Gasteiger partial charge is 0.0783 e. The van der Waals surface area contributed by atoms with Gasteiger partial charge in [-0.25, -0.2) is 0 Å². The van der Waals surface area contributed by atoms with Gasteiger partial charge in [0.05, 0.1) is 4.88 Å². The average molecular weight is 203 g/mol. The van der Waals surface area contributed by atoms with Gasteiger partial charge in [-0.1, -0.05) is 17.8 Å². The van der Waals surface area contributed by atoms with Crippen LogP contribution in [0, 0.1) is 30.6 Å². The molecule has 1 nitrogen and oxygen atoms in total. The standard InChI is InChI=1S/C12H13NS/c1-3-6-12-9-11(10(2)14-12)7-4-5-8-13/h9H,5,8,13H2,1-2H3. The Labute approximate surface area is 89.3 Å². The van der Waals surface area contributed by atoms with Crippen molar-refractivity contribution in [1.29, 1.82) is 0 Å². The molecule has 0 amide bonds. The summed E-state index contributed by atoms with van der Waals surface area (Å²) in [5.41, 5.74) is 6.45. The fourth-order valence-corrected chi connectivity index (χ4v) is 1.90. The predicted octanol–water partition coefficient (Wildman–Crippen LogP) is 2.13. The van der Waals surface area contributed by atoms with E-state index in [1.807, 2.05) is 13.0 Å². The fourth-order valence-electron chi connectivity index (χ4n) is 1.02. The third-order valence-electron chi connectivity index (χ3n) is 1.66. The van der Waals surface area contributed by atoms with Crippen LogP contribution in [0.15, 0.2) is 6.07 Å². The van der Waals surface area contributed by atoms with Crippen molar-refractivity contribution < 1.29 is 0 Å². The van der Waals surface area contributed by atoms with Crippen molar-refractivity contribution >= 4 is 11.3 Å². The van der Waals surface area contributed by atoms with Crippen LogP contribution in [0.25, 0.3) is 0 Å². The molecule has 0 fully saturated rings. The summed E-state index contributed by atoms with van der Waals surface area (Å²) in [6, 6.07) is 2.04. The maximum absolute atomic E-state index is 5.36. The molecule has 72 valence electrons. The van der Waals surface area contributed by atoms with Gasteiger partial charge in [0.15, 0.2) is 0 Å². The van der Waals surface area contributed by atoms with Crippen LogP contribution in [-0.2, 0) is 0 Å². The highest BCUT2D eigenvalue weighted by Crippen LogP contribution is 2.19. The van der Waals surface area contributed by atoms with Crippen LogP contribution in [0.5, 0.6) is 0 Å². The van der Waals surface area contributed by atoms with Gasteiger partial charge in [0, 0.05) is 23.4 Å². The molecule has 0 bridgehead atoms. The first-order valence-corrected chi connectivity index (χ1v) is 5.31. The van der Waals surface area contributed by atoms with E-state index in [0.717, 1.165) is 16.9 Å². The third-order valence-corrected chi connectivity index (χ3v) is 2.62. The van der Waals surface area contributed by atoms with Crippen molar-refractivity contribution in [3.05, 3.63) is 21.4 Å². The fraction of sp³-hybridized carbons (Fsp3) is 0.333. The van der Waals surface area contributed by atoms with E-state index >= 15 is 0 Å². The van der Waals surface area contributed by atoms with Crippen LogP contribution in [0.2, 0.25) is 0 Å². The molecule has 0 unspecified atom stereocenters. The molecule has 0 saturated heterocycles. The van der Waals surface area contributed by atoms with Gasteiger partial charge in [-0.3, -0.25) is 0 Å². The Morgan fingerprint density at radius 3 is 2.86 bits per heavy atom. The Bertz CT molecular complexity index is 421. The van der Waals surface area contributed by atoms with E-state index in [4.69, 9.17) is 5.73 Å². The normalized spacial score (nSPS) is 8.50. The summed E-state index contributed by atoms with van der Waals surface area (Å²) in [4.78, 5) is 2.31. The van der Waals surface area contributed by atoms with Crippen molar-refractivity contribution in [2.45, 2.75) is 20.3 Å². The van der Waals surface area contributed by atoms with Crippen LogP contribution in [0.3, 0.4) is 0 Å². The molecule has 0 saturated carbocycles. The molecular weight excluding hydrogens is 190 g/mol. The first kappa shape index (κ1) is 10.9. The molecule has 0 aromatic carbocycles. The highest BCUT2D eigenvalue weighted by molar-refractivity contribution is 7.12. The molecule has 0 radical (unpaired) electrons. The quantitative estimate of drug-likeness (QED) is 0.695. The van der Waals surface area contributed by atoms with Gasteiger partial charge >= 0.3 is 0 Å². The number of hydrogen-bond donors (Lipinski definition) is 1. The van der Waals surface area contributed by atoms with Crippen molar-refractivity contribution in [2.24, 2.45) is 5.73 Å². The van der Waals surface area contributed by atoms with Crippen molar-refractivity contribution in [2.75, 3.05) is 6.54 Å². The first-order chi connectivity index (χ1) is 6.77. The van der Waals surface area contributed by atoms with Gasteiger partial charge in [0.25, 0.3) is 0 Å². The van der Waals surface area contributed by atoms with Gasteiger partial charge in [0.2, 0.25) is 0 Å². The van der Waals surface area contributed by atoms with Crippen LogP contribution in [0.4, 0.5) is 0 Å². The molecule has 0 atom stereocenters. The summed E-state index contributed by atoms with van der Waals surface area (Å²) < 4.78 is 0. The van der Waals surface area contributed by atoms with E-state index in [-0.39, 0.29) is 0 Å². The molecule has 1 aromatic rings. The topological polar surface area (TPSA) is 26.0 Å². The highest BCUT2D eigenvalue weighted by atomic mass is 32.1. The van der Waals surface area contributed by atoms with E-state index in [9.17, 15) is 0 Å². The number of aryl methyl sites for hydroxylation is 1. The summed E-state index contributed by atoms with van der Waals surface area (Å²) in [6.45, 7) is 4.53. The number of rotatable bonds is 1. The van der Waals surface area contributed by atoms with Crippen LogP contribution in [0.1, 0.15) is 28.7 Å². The van der Waals surface area contributed by atoms with Gasteiger partial charge in [-0.2, -0.15) is 0 Å². The monoisotopic (exact) mass is 203 g/mol. The second-order valence-corrected chi connectivity index (χ2v) is 4.05. The molecule has 14 heavy (non-hydrogen) atoms. The third kappa shape index (κ3) is 2.92. The zero-order valence-electron chi connectivity index (χ0n) is 8.48. The summed E-state index contributed by atoms with van der Waals surface area (Å²) in [7, 11) is 0. The van der Waals surface area contributed by atoms with Gasteiger partial charge in [-0.15, -0.1) is 17.3 Å². The van der Waals surface area contributed by atoms with Crippen molar-refractivity contribution in [1.82, 2.24) is 0 Å². The summed E-state index contributed by atoms with van der Waals surface area (Å²) in [6.07, 6.45) is 0.754. The highest BCUT2D eigenvalue weighted by Gasteiger charge is 1.99. The largest absolute Gasteiger partial charge is 0.330 e. The summed E-state index contributed by atoms with van der Waals surface area (Å²) in [5, 5.41) is 0. The summed E-state index contributed by atoms with van der Waals surface area (Å²) in [5.74, 6) is 12.1. The molecule has 1 rings (SSSR count). The molecule has 2 heteroatoms. The van der Waals surface area contributed by atoms with E-state index < -0.39 is 0 Å². The van der Waals surface area contributed by atoms with Crippen LogP contribution < -0.4 is 5.73 Å². The van der Waals surface area contributed by atoms with E-state index in [0.29, 0.717) is 6.54 Å². The minimum atomic E-state index is 0.623. The minimum Gasteiger partial charge on any atom is -0.330 e. The van der Waals surface area contributed by atoms with Crippen LogP contribution >= 0.6 is 11.3 Å². The Kier molecular flexibility index (Phi) is 4.26. The lowest BCUT2D eigenvalue weighted by Gasteiger charge is -1.83. The summed E-state index contributed by atoms with van der Waals surface area (Å²) >= 11 is 1.69. The van der Waals surface area contributed by atoms with E-state index in [2.05, 4.69) is 30.6 Å². The Morgan fingerprint density at radius 1 is 1.43 bits per heavy atom. The SMILES string of the molecule is CC#Cc1cc(C#CCCN)c(C)s1. The lowest BCUT2D eigenvalue weighted by atomic mass is 10.2. The molecule has 2 N–H and O–H groups in total. The van der Waals surface area contributed by atoms with Gasteiger partial charge < -0.3 is 5.73 Å². The Balaban J connectivity index is 2.87. The number of nitrogens with two attached hydrogens (primary N) is 1. The Morgan fingerprint density at radius 2 is 2.21 bits per heavy atom. The van der Waals surface area contributed by atoms with E-state index in [1.165, 1.54) is 4.88 Å². The number of thiophene rings is 1. The van der Waals surface area contributed by atoms with Gasteiger partial charge in [-0.05, 0) is 19.9 Å². The lowest BCUT2D eigenvalue weighted by molar-refractivity contribution is 1.03. The maximum atomic E-state index is 5.36. The minimum absolute atomic E-state index is 0.623. The first-order valence-electron chi connectivity index (χ1n) is 4.50. The van der Waals surface area contributed by atoms with E-state index in [1.54, 1.807) is 11.3 Å². The van der Waals surface area contributed by atoms with Gasteiger partial charge in [0.1, 0.15) is 0 Å². The molecular formula is C12H13NS. The molecule has 1 aromatic heterocycles. The molecule has 0 aliphatic carbocycles. The van der Waals surface area contributed by atoms with Crippen molar-refractivity contribution in [3.8, 4) is 23.7 Å².